The van der Waals surface area contributed by atoms with Gasteiger partial charge in [0.2, 0.25) is 0 Å². The van der Waals surface area contributed by atoms with E-state index in [0.29, 0.717) is 0 Å². The minimum atomic E-state index is -4.30. The van der Waals surface area contributed by atoms with Crippen LogP contribution in [0.2, 0.25) is 0 Å². The third kappa shape index (κ3) is 4.09. The van der Waals surface area contributed by atoms with Gasteiger partial charge < -0.3 is 15.6 Å². The second-order valence-electron chi connectivity index (χ2n) is 4.34. The van der Waals surface area contributed by atoms with Crippen LogP contribution in [0.5, 0.6) is 0 Å². The van der Waals surface area contributed by atoms with Crippen LogP contribution in [0, 0.1) is 0 Å². The van der Waals surface area contributed by atoms with Crippen LogP contribution < -0.4 is 5.73 Å². The Labute approximate surface area is 98.5 Å². The lowest BCUT2D eigenvalue weighted by molar-refractivity contribution is -0.207. The Kier molecular flexibility index (Phi) is 5.18. The van der Waals surface area contributed by atoms with Crippen LogP contribution in [-0.4, -0.2) is 60.7 Å². The highest BCUT2D eigenvalue weighted by molar-refractivity contribution is 4.85. The van der Waals surface area contributed by atoms with Crippen molar-refractivity contribution in [2.24, 2.45) is 5.73 Å². The normalized spacial score (nSPS) is 29.3. The zero-order valence-corrected chi connectivity index (χ0v) is 9.78. The lowest BCUT2D eigenvalue weighted by Gasteiger charge is -2.41. The Balaban J connectivity index is 2.72. The number of rotatable bonds is 4. The summed E-state index contributed by atoms with van der Waals surface area (Å²) in [5.41, 5.74) is 5.23. The molecule has 7 heteroatoms. The highest BCUT2D eigenvalue weighted by Gasteiger charge is 2.45. The summed E-state index contributed by atoms with van der Waals surface area (Å²) in [6.45, 7) is 1.71. The number of aliphatic hydroxyl groups excluding tert-OH is 1. The summed E-state index contributed by atoms with van der Waals surface area (Å²) in [6.07, 6.45) is -5.30. The first-order valence-electron chi connectivity index (χ1n) is 5.65. The first-order valence-corrected chi connectivity index (χ1v) is 5.65. The van der Waals surface area contributed by atoms with Crippen molar-refractivity contribution >= 4 is 0 Å². The Hall–Kier alpha value is -0.370. The highest BCUT2D eigenvalue weighted by Crippen LogP contribution is 2.29. The van der Waals surface area contributed by atoms with E-state index in [2.05, 4.69) is 0 Å². The Morgan fingerprint density at radius 2 is 2.12 bits per heavy atom. The van der Waals surface area contributed by atoms with Crippen molar-refractivity contribution in [1.82, 2.24) is 4.90 Å². The van der Waals surface area contributed by atoms with E-state index < -0.39 is 18.3 Å². The fraction of sp³-hybridized carbons (Fsp3) is 1.00. The van der Waals surface area contributed by atoms with Gasteiger partial charge in [0.05, 0.1) is 18.8 Å². The molecule has 1 saturated heterocycles. The molecule has 0 aromatic rings. The molecule has 1 aliphatic rings. The number of nitrogens with two attached hydrogens (primary N) is 1. The Morgan fingerprint density at radius 3 is 2.59 bits per heavy atom. The summed E-state index contributed by atoms with van der Waals surface area (Å²) in [4.78, 5) is 1.31. The topological polar surface area (TPSA) is 58.7 Å². The zero-order valence-electron chi connectivity index (χ0n) is 9.78. The van der Waals surface area contributed by atoms with Crippen LogP contribution in [0.4, 0.5) is 13.2 Å². The third-order valence-electron chi connectivity index (χ3n) is 2.82. The summed E-state index contributed by atoms with van der Waals surface area (Å²) in [7, 11) is 0. The van der Waals surface area contributed by atoms with E-state index in [1.807, 2.05) is 0 Å². The van der Waals surface area contributed by atoms with E-state index in [-0.39, 0.29) is 38.8 Å². The van der Waals surface area contributed by atoms with Crippen LogP contribution in [0.15, 0.2) is 0 Å². The molecule has 1 aliphatic heterocycles. The molecule has 0 spiro atoms. The van der Waals surface area contributed by atoms with Crippen molar-refractivity contribution in [1.29, 1.82) is 0 Å². The fourth-order valence-corrected chi connectivity index (χ4v) is 2.15. The molecule has 102 valence electrons. The van der Waals surface area contributed by atoms with Gasteiger partial charge in [-0.25, -0.2) is 0 Å². The van der Waals surface area contributed by atoms with Gasteiger partial charge in [0.1, 0.15) is 6.04 Å². The molecule has 0 aliphatic carbocycles. The van der Waals surface area contributed by atoms with Crippen LogP contribution in [0.1, 0.15) is 13.3 Å². The van der Waals surface area contributed by atoms with Crippen molar-refractivity contribution in [3.8, 4) is 0 Å². The van der Waals surface area contributed by atoms with E-state index in [0.717, 1.165) is 0 Å². The molecule has 3 N–H and O–H groups in total. The molecule has 0 aromatic carbocycles. The monoisotopic (exact) mass is 256 g/mol. The molecule has 0 saturated carbocycles. The van der Waals surface area contributed by atoms with Gasteiger partial charge in [0.25, 0.3) is 0 Å². The van der Waals surface area contributed by atoms with Gasteiger partial charge in [-0.05, 0) is 19.9 Å². The molecule has 17 heavy (non-hydrogen) atoms. The van der Waals surface area contributed by atoms with Gasteiger partial charge in [-0.1, -0.05) is 0 Å². The van der Waals surface area contributed by atoms with E-state index >= 15 is 0 Å². The molecule has 0 aromatic heterocycles. The minimum Gasteiger partial charge on any atom is -0.394 e. The maximum atomic E-state index is 12.8. The minimum absolute atomic E-state index is 0.0142. The first-order chi connectivity index (χ1) is 7.88. The van der Waals surface area contributed by atoms with E-state index in [1.165, 1.54) is 4.90 Å². The van der Waals surface area contributed by atoms with Crippen LogP contribution in [0.25, 0.3) is 0 Å². The number of aliphatic hydroxyl groups is 1. The van der Waals surface area contributed by atoms with Crippen molar-refractivity contribution in [2.45, 2.75) is 37.8 Å². The van der Waals surface area contributed by atoms with Crippen LogP contribution in [-0.2, 0) is 4.74 Å². The Bertz CT molecular complexity index is 238. The lowest BCUT2D eigenvalue weighted by Crippen LogP contribution is -2.56. The summed E-state index contributed by atoms with van der Waals surface area (Å²) < 4.78 is 43.9. The number of alkyl halides is 3. The maximum absolute atomic E-state index is 12.8. The van der Waals surface area contributed by atoms with Crippen molar-refractivity contribution in [3.63, 3.8) is 0 Å². The Morgan fingerprint density at radius 1 is 1.47 bits per heavy atom. The zero-order chi connectivity index (χ0) is 13.1. The molecule has 0 bridgehead atoms. The number of hydrogen-bond donors (Lipinski definition) is 2. The summed E-state index contributed by atoms with van der Waals surface area (Å²) >= 11 is 0. The van der Waals surface area contributed by atoms with E-state index in [9.17, 15) is 13.2 Å². The summed E-state index contributed by atoms with van der Waals surface area (Å²) in [5.74, 6) is 0. The van der Waals surface area contributed by atoms with Gasteiger partial charge in [0, 0.05) is 13.1 Å². The van der Waals surface area contributed by atoms with Gasteiger partial charge in [0.15, 0.2) is 0 Å². The van der Waals surface area contributed by atoms with E-state index in [1.54, 1.807) is 6.92 Å². The number of ether oxygens (including phenoxy) is 1. The van der Waals surface area contributed by atoms with Crippen LogP contribution >= 0.6 is 0 Å². The smallest absolute Gasteiger partial charge is 0.394 e. The molecule has 1 rings (SSSR count). The predicted octanol–water partition coefficient (Wildman–Crippen LogP) is 0.348. The number of hydrogen-bond acceptors (Lipinski definition) is 4. The second-order valence-corrected chi connectivity index (χ2v) is 4.34. The molecular weight excluding hydrogens is 237 g/mol. The van der Waals surface area contributed by atoms with Gasteiger partial charge >= 0.3 is 6.18 Å². The standard InChI is InChI=1S/C10H19F3N2O2/c1-7-4-15(5-8(6-16)17-7)9(2-3-14)10(11,12)13/h7-9,16H,2-6,14H2,1H3. The van der Waals surface area contributed by atoms with E-state index in [4.69, 9.17) is 15.6 Å². The molecule has 0 radical (unpaired) electrons. The van der Waals surface area contributed by atoms with Gasteiger partial charge in [-0.15, -0.1) is 0 Å². The highest BCUT2D eigenvalue weighted by atomic mass is 19.4. The predicted molar refractivity (Wildman–Crippen MR) is 56.5 cm³/mol. The third-order valence-corrected chi connectivity index (χ3v) is 2.82. The number of halogens is 3. The first kappa shape index (κ1) is 14.7. The van der Waals surface area contributed by atoms with Gasteiger partial charge in [-0.3, -0.25) is 4.90 Å². The largest absolute Gasteiger partial charge is 0.404 e. The van der Waals surface area contributed by atoms with Gasteiger partial charge in [-0.2, -0.15) is 13.2 Å². The lowest BCUT2D eigenvalue weighted by atomic mass is 10.1. The van der Waals surface area contributed by atoms with Crippen molar-refractivity contribution in [2.75, 3.05) is 26.2 Å². The van der Waals surface area contributed by atoms with Crippen molar-refractivity contribution in [3.05, 3.63) is 0 Å². The molecule has 0 amide bonds. The summed E-state index contributed by atoms with van der Waals surface area (Å²) in [5, 5.41) is 8.98. The summed E-state index contributed by atoms with van der Waals surface area (Å²) in [6, 6.07) is -1.55. The fourth-order valence-electron chi connectivity index (χ4n) is 2.15. The molecular formula is C10H19F3N2O2. The molecule has 4 nitrogen and oxygen atoms in total. The number of nitrogens with zero attached hydrogens (tertiary/aromatic N) is 1. The molecule has 1 heterocycles. The van der Waals surface area contributed by atoms with Crippen LogP contribution in [0.3, 0.4) is 0 Å². The van der Waals surface area contributed by atoms with Crippen molar-refractivity contribution < 1.29 is 23.0 Å². The molecule has 1 fully saturated rings. The quantitative estimate of drug-likeness (QED) is 0.762. The second kappa shape index (κ2) is 5.99. The molecule has 3 unspecified atom stereocenters. The molecule has 3 atom stereocenters. The number of morpholine rings is 1. The maximum Gasteiger partial charge on any atom is 0.404 e. The average Bonchev–Trinajstić information content (AvgIpc) is 2.23. The average molecular weight is 256 g/mol. The SMILES string of the molecule is CC1CN(C(CCN)C(F)(F)F)CC(CO)O1.